The van der Waals surface area contributed by atoms with Crippen molar-refractivity contribution in [1.82, 2.24) is 4.98 Å². The van der Waals surface area contributed by atoms with Gasteiger partial charge < -0.3 is 40.0 Å². The summed E-state index contributed by atoms with van der Waals surface area (Å²) in [7, 11) is 0. The fourth-order valence-corrected chi connectivity index (χ4v) is 6.10. The standard InChI is InChI=1S/C26H28N2O9/c1-2-11-14-9-16-19-13(12-5-3-4-6-15(12)27-19)7-8-28(16)23(18(14)24(33)34)36-25(11)37-26-22(32)21(31)20(30)17(10-29)35-26/h2-8,11,14,17-18,20-23,25-26,29-32H,1,9-10H2,(H,33,34)/p+1/t11-,14-,17-,18-,20-,21+,22-,23+,25+,26+/m0/s1. The van der Waals surface area contributed by atoms with Crippen LogP contribution in [-0.4, -0.2) is 80.1 Å². The maximum absolute atomic E-state index is 12.4. The van der Waals surface area contributed by atoms with E-state index in [9.17, 15) is 30.3 Å². The Labute approximate surface area is 211 Å². The summed E-state index contributed by atoms with van der Waals surface area (Å²) in [4.78, 5) is 15.9. The molecule has 0 saturated carbocycles. The van der Waals surface area contributed by atoms with Crippen molar-refractivity contribution in [1.29, 1.82) is 0 Å². The second-order valence-corrected chi connectivity index (χ2v) is 9.90. The molecule has 196 valence electrons. The van der Waals surface area contributed by atoms with Crippen molar-refractivity contribution < 1.29 is 49.1 Å². The van der Waals surface area contributed by atoms with Gasteiger partial charge >= 0.3 is 5.97 Å². The zero-order valence-corrected chi connectivity index (χ0v) is 19.8. The molecule has 0 radical (unpaired) electrons. The molecule has 10 atom stereocenters. The largest absolute Gasteiger partial charge is 0.481 e. The van der Waals surface area contributed by atoms with E-state index in [0.717, 1.165) is 27.5 Å². The van der Waals surface area contributed by atoms with Crippen molar-refractivity contribution in [3.05, 3.63) is 54.9 Å². The summed E-state index contributed by atoms with van der Waals surface area (Å²) in [6.45, 7) is 3.30. The first kappa shape index (κ1) is 24.4. The van der Waals surface area contributed by atoms with Gasteiger partial charge in [-0.05, 0) is 6.07 Å². The Kier molecular flexibility index (Phi) is 6.03. The number of benzene rings is 1. The smallest absolute Gasteiger partial charge is 0.316 e. The first-order chi connectivity index (χ1) is 17.8. The molecule has 6 rings (SSSR count). The minimum atomic E-state index is -1.62. The Morgan fingerprint density at radius 2 is 1.89 bits per heavy atom. The zero-order valence-electron chi connectivity index (χ0n) is 19.8. The monoisotopic (exact) mass is 513 g/mol. The molecule has 0 aliphatic carbocycles. The topological polar surface area (TPSA) is 166 Å². The van der Waals surface area contributed by atoms with Gasteiger partial charge in [-0.3, -0.25) is 9.53 Å². The zero-order chi connectivity index (χ0) is 26.0. The molecule has 11 nitrogen and oxygen atoms in total. The number of fused-ring (bicyclic) bond motifs is 8. The van der Waals surface area contributed by atoms with Crippen molar-refractivity contribution >= 4 is 27.8 Å². The minimum Gasteiger partial charge on any atom is -0.481 e. The number of carbonyl (C=O) groups is 1. The van der Waals surface area contributed by atoms with E-state index in [1.165, 1.54) is 0 Å². The molecular weight excluding hydrogens is 484 g/mol. The lowest BCUT2D eigenvalue weighted by atomic mass is 9.72. The van der Waals surface area contributed by atoms with E-state index in [0.29, 0.717) is 6.42 Å². The summed E-state index contributed by atoms with van der Waals surface area (Å²) in [5, 5.41) is 52.5. The Hall–Kier alpha value is -2.90. The van der Waals surface area contributed by atoms with E-state index in [-0.39, 0.29) is 0 Å². The fraction of sp³-hybridized carbons (Fsp3) is 0.462. The number of aromatic nitrogens is 2. The highest BCUT2D eigenvalue weighted by Gasteiger charge is 2.58. The van der Waals surface area contributed by atoms with Gasteiger partial charge in [-0.15, -0.1) is 6.58 Å². The van der Waals surface area contributed by atoms with Crippen LogP contribution in [0.5, 0.6) is 0 Å². The third-order valence-electron chi connectivity index (χ3n) is 7.98. The molecule has 0 spiro atoms. The molecule has 3 aromatic rings. The van der Waals surface area contributed by atoms with E-state index in [1.54, 1.807) is 10.6 Å². The molecule has 2 saturated heterocycles. The number of aliphatic hydroxyl groups excluding tert-OH is 4. The lowest BCUT2D eigenvalue weighted by Crippen LogP contribution is -2.65. The van der Waals surface area contributed by atoms with Crippen LogP contribution in [-0.2, 0) is 25.4 Å². The van der Waals surface area contributed by atoms with Gasteiger partial charge in [0.15, 0.2) is 18.8 Å². The van der Waals surface area contributed by atoms with Crippen molar-refractivity contribution in [2.45, 2.75) is 49.6 Å². The molecule has 3 aliphatic rings. The number of hydrogen-bond acceptors (Lipinski definition) is 8. The van der Waals surface area contributed by atoms with Gasteiger partial charge in [0.25, 0.3) is 6.23 Å². The quantitative estimate of drug-likeness (QED) is 0.203. The number of hydrogen-bond donors (Lipinski definition) is 6. The van der Waals surface area contributed by atoms with Crippen LogP contribution in [0.1, 0.15) is 11.9 Å². The molecule has 3 aliphatic heterocycles. The Bertz CT molecular complexity index is 1360. The number of carboxylic acids is 1. The molecular formula is C26H29N2O9+. The van der Waals surface area contributed by atoms with Gasteiger partial charge in [-0.1, -0.05) is 24.3 Å². The van der Waals surface area contributed by atoms with E-state index >= 15 is 0 Å². The SMILES string of the molecule is C=C[C@@H]1[C@@H](O[C@H]2O[C@@H](CO)[C@H](O)[C@@H](O)[C@@H]2O)O[C@@H]2[C@@H](C(=O)O)[C@H]1Cc1c3[nH]c4ccccc4c3cc[n+]12. The number of aromatic amines is 1. The van der Waals surface area contributed by atoms with E-state index in [2.05, 4.69) is 11.6 Å². The molecule has 5 heterocycles. The highest BCUT2D eigenvalue weighted by Crippen LogP contribution is 2.46. The Balaban J connectivity index is 1.39. The number of para-hydroxylation sites is 1. The van der Waals surface area contributed by atoms with Crippen LogP contribution in [0, 0.1) is 17.8 Å². The fourth-order valence-electron chi connectivity index (χ4n) is 6.10. The van der Waals surface area contributed by atoms with Crippen molar-refractivity contribution in [2.24, 2.45) is 17.8 Å². The maximum Gasteiger partial charge on any atom is 0.316 e. The van der Waals surface area contributed by atoms with Crippen LogP contribution >= 0.6 is 0 Å². The molecule has 0 amide bonds. The van der Waals surface area contributed by atoms with Crippen LogP contribution in [0.15, 0.2) is 49.2 Å². The number of aliphatic hydroxyl groups is 4. The van der Waals surface area contributed by atoms with Crippen LogP contribution < -0.4 is 4.57 Å². The first-order valence-corrected chi connectivity index (χ1v) is 12.2. The molecule has 37 heavy (non-hydrogen) atoms. The number of carboxylic acid groups (broad SMARTS) is 1. The summed E-state index contributed by atoms with van der Waals surface area (Å²) in [5.41, 5.74) is 2.78. The number of ether oxygens (including phenoxy) is 3. The third-order valence-corrected chi connectivity index (χ3v) is 7.98. The minimum absolute atomic E-state index is 0.395. The van der Waals surface area contributed by atoms with E-state index in [4.69, 9.17) is 14.2 Å². The van der Waals surface area contributed by atoms with Crippen molar-refractivity contribution in [3.8, 4) is 0 Å². The second kappa shape index (κ2) is 9.14. The van der Waals surface area contributed by atoms with Gasteiger partial charge in [0, 0.05) is 40.6 Å². The lowest BCUT2D eigenvalue weighted by molar-refractivity contribution is -0.791. The summed E-state index contributed by atoms with van der Waals surface area (Å²) in [6.07, 6.45) is -5.53. The molecule has 2 fully saturated rings. The Morgan fingerprint density at radius 3 is 2.62 bits per heavy atom. The van der Waals surface area contributed by atoms with Crippen LogP contribution in [0.2, 0.25) is 0 Å². The number of nitrogens with one attached hydrogen (secondary N) is 1. The van der Waals surface area contributed by atoms with Gasteiger partial charge in [0.05, 0.1) is 6.61 Å². The maximum atomic E-state index is 12.4. The highest BCUT2D eigenvalue weighted by molar-refractivity contribution is 6.07. The lowest BCUT2D eigenvalue weighted by Gasteiger charge is -2.47. The number of pyridine rings is 1. The summed E-state index contributed by atoms with van der Waals surface area (Å²) in [6, 6.07) is 9.86. The predicted octanol–water partition coefficient (Wildman–Crippen LogP) is -0.0447. The van der Waals surface area contributed by atoms with Gasteiger partial charge in [-0.25, -0.2) is 0 Å². The molecule has 11 heteroatoms. The van der Waals surface area contributed by atoms with Crippen molar-refractivity contribution in [2.75, 3.05) is 6.61 Å². The second-order valence-electron chi connectivity index (χ2n) is 9.90. The van der Waals surface area contributed by atoms with Crippen LogP contribution in [0.25, 0.3) is 21.8 Å². The number of rotatable bonds is 5. The molecule has 1 aromatic carbocycles. The third kappa shape index (κ3) is 3.69. The summed E-state index contributed by atoms with van der Waals surface area (Å²) >= 11 is 0. The molecule has 2 aromatic heterocycles. The van der Waals surface area contributed by atoms with Crippen LogP contribution in [0.3, 0.4) is 0 Å². The normalized spacial score (nSPS) is 37.4. The number of nitrogens with zero attached hydrogens (tertiary/aromatic N) is 1. The van der Waals surface area contributed by atoms with E-state index < -0.39 is 73.6 Å². The first-order valence-electron chi connectivity index (χ1n) is 12.2. The predicted molar refractivity (Wildman–Crippen MR) is 127 cm³/mol. The summed E-state index contributed by atoms with van der Waals surface area (Å²) < 4.78 is 19.5. The molecule has 0 unspecified atom stereocenters. The highest BCUT2D eigenvalue weighted by atomic mass is 16.8. The average molecular weight is 514 g/mol. The Morgan fingerprint density at radius 1 is 1.11 bits per heavy atom. The summed E-state index contributed by atoms with van der Waals surface area (Å²) in [5.74, 6) is -2.96. The average Bonchev–Trinajstić information content (AvgIpc) is 3.28. The number of H-pyrrole nitrogens is 1. The van der Waals surface area contributed by atoms with Crippen molar-refractivity contribution in [3.63, 3.8) is 0 Å². The van der Waals surface area contributed by atoms with Gasteiger partial charge in [0.2, 0.25) is 5.69 Å². The number of aliphatic carboxylic acids is 1. The molecule has 6 N–H and O–H groups in total. The van der Waals surface area contributed by atoms with Crippen LogP contribution in [0.4, 0.5) is 0 Å². The van der Waals surface area contributed by atoms with Gasteiger partial charge in [0.1, 0.15) is 35.9 Å². The van der Waals surface area contributed by atoms with Gasteiger partial charge in [-0.2, -0.15) is 4.57 Å². The van der Waals surface area contributed by atoms with E-state index in [1.807, 2.05) is 36.5 Å². The molecule has 2 bridgehead atoms.